The highest BCUT2D eigenvalue weighted by Crippen LogP contribution is 2.32. The predicted molar refractivity (Wildman–Crippen MR) is 91.4 cm³/mol. The molecule has 0 saturated heterocycles. The van der Waals surface area contributed by atoms with Crippen LogP contribution < -0.4 is 5.32 Å². The lowest BCUT2D eigenvalue weighted by atomic mass is 9.99. The van der Waals surface area contributed by atoms with Gasteiger partial charge in [-0.15, -0.1) is 0 Å². The van der Waals surface area contributed by atoms with Gasteiger partial charge in [0.15, 0.2) is 12.4 Å². The summed E-state index contributed by atoms with van der Waals surface area (Å²) < 4.78 is 5.06. The molecule has 1 aromatic carbocycles. The quantitative estimate of drug-likeness (QED) is 0.646. The van der Waals surface area contributed by atoms with Gasteiger partial charge in [-0.3, -0.25) is 14.4 Å². The molecule has 0 fully saturated rings. The number of fused-ring (bicyclic) bond motifs is 1. The maximum absolute atomic E-state index is 12.2. The van der Waals surface area contributed by atoms with Crippen LogP contribution in [0.15, 0.2) is 35.0 Å². The smallest absolute Gasteiger partial charge is 0.306 e. The fraction of sp³-hybridized carbons (Fsp3) is 0.278. The first-order chi connectivity index (χ1) is 11.5. The SMILES string of the molecule is C[C@H]1C(=O)Nc2ccc(C(=O)COC(=O)CCc3ccsc3)cc21. The summed E-state index contributed by atoms with van der Waals surface area (Å²) >= 11 is 1.58. The van der Waals surface area contributed by atoms with Crippen LogP contribution in [-0.4, -0.2) is 24.3 Å². The summed E-state index contributed by atoms with van der Waals surface area (Å²) in [7, 11) is 0. The summed E-state index contributed by atoms with van der Waals surface area (Å²) in [4.78, 5) is 35.6. The highest BCUT2D eigenvalue weighted by molar-refractivity contribution is 7.07. The van der Waals surface area contributed by atoms with Crippen molar-refractivity contribution in [2.45, 2.75) is 25.7 Å². The molecule has 1 aliphatic heterocycles. The van der Waals surface area contributed by atoms with E-state index in [1.165, 1.54) is 0 Å². The molecular formula is C18H17NO4S. The predicted octanol–water partition coefficient (Wildman–Crippen LogP) is 3.16. The molecule has 6 heteroatoms. The molecule has 1 amide bonds. The number of anilines is 1. The van der Waals surface area contributed by atoms with Crippen molar-refractivity contribution in [1.82, 2.24) is 0 Å². The van der Waals surface area contributed by atoms with E-state index in [0.29, 0.717) is 12.0 Å². The van der Waals surface area contributed by atoms with Crippen LogP contribution >= 0.6 is 11.3 Å². The molecule has 2 heterocycles. The van der Waals surface area contributed by atoms with E-state index in [4.69, 9.17) is 4.74 Å². The molecule has 1 N–H and O–H groups in total. The molecule has 5 nitrogen and oxygen atoms in total. The monoisotopic (exact) mass is 343 g/mol. The van der Waals surface area contributed by atoms with Gasteiger partial charge in [0.25, 0.3) is 0 Å². The fourth-order valence-electron chi connectivity index (χ4n) is 2.57. The second kappa shape index (κ2) is 6.97. The van der Waals surface area contributed by atoms with Crippen molar-refractivity contribution < 1.29 is 19.1 Å². The van der Waals surface area contributed by atoms with Crippen LogP contribution in [0.25, 0.3) is 0 Å². The number of carbonyl (C=O) groups is 3. The number of rotatable bonds is 6. The largest absolute Gasteiger partial charge is 0.457 e. The molecule has 2 aromatic rings. The molecule has 0 radical (unpaired) electrons. The van der Waals surface area contributed by atoms with E-state index in [9.17, 15) is 14.4 Å². The van der Waals surface area contributed by atoms with Gasteiger partial charge in [-0.1, -0.05) is 0 Å². The van der Waals surface area contributed by atoms with Crippen molar-refractivity contribution in [2.24, 2.45) is 0 Å². The maximum Gasteiger partial charge on any atom is 0.306 e. The molecule has 1 aromatic heterocycles. The van der Waals surface area contributed by atoms with Crippen LogP contribution in [0, 0.1) is 0 Å². The molecule has 24 heavy (non-hydrogen) atoms. The van der Waals surface area contributed by atoms with Crippen LogP contribution in [0.3, 0.4) is 0 Å². The molecule has 3 rings (SSSR count). The minimum atomic E-state index is -0.388. The van der Waals surface area contributed by atoms with E-state index in [1.807, 2.05) is 16.8 Å². The average molecular weight is 343 g/mol. The number of nitrogens with one attached hydrogen (secondary N) is 1. The van der Waals surface area contributed by atoms with E-state index in [-0.39, 0.29) is 36.6 Å². The van der Waals surface area contributed by atoms with Gasteiger partial charge in [-0.25, -0.2) is 0 Å². The number of ether oxygens (including phenoxy) is 1. The Morgan fingerprint density at radius 3 is 2.88 bits per heavy atom. The Hall–Kier alpha value is -2.47. The van der Waals surface area contributed by atoms with Crippen molar-refractivity contribution >= 4 is 34.7 Å². The second-order valence-electron chi connectivity index (χ2n) is 5.73. The van der Waals surface area contributed by atoms with Gasteiger partial charge in [-0.05, 0) is 59.5 Å². The Labute approximate surface area is 143 Å². The third-order valence-corrected chi connectivity index (χ3v) is 4.79. The molecular weight excluding hydrogens is 326 g/mol. The summed E-state index contributed by atoms with van der Waals surface area (Å²) in [5, 5.41) is 6.70. The standard InChI is InChI=1S/C18H17NO4S/c1-11-14-8-13(3-4-15(14)19-18(11)22)16(20)9-23-17(21)5-2-12-6-7-24-10-12/h3-4,6-8,10-11H,2,5,9H2,1H3,(H,19,22)/t11-/m1/s1. The second-order valence-corrected chi connectivity index (χ2v) is 6.51. The molecule has 1 atom stereocenters. The van der Waals surface area contributed by atoms with Gasteiger partial charge in [0.05, 0.1) is 5.92 Å². The van der Waals surface area contributed by atoms with Crippen LogP contribution in [0.1, 0.15) is 40.7 Å². The third-order valence-electron chi connectivity index (χ3n) is 4.05. The van der Waals surface area contributed by atoms with Gasteiger partial charge < -0.3 is 10.1 Å². The molecule has 0 spiro atoms. The number of hydrogen-bond donors (Lipinski definition) is 1. The lowest BCUT2D eigenvalue weighted by Crippen LogP contribution is -2.14. The molecule has 0 aliphatic carbocycles. The van der Waals surface area contributed by atoms with Crippen molar-refractivity contribution in [3.8, 4) is 0 Å². The van der Waals surface area contributed by atoms with Gasteiger partial charge in [0.2, 0.25) is 5.91 Å². The Kier molecular flexibility index (Phi) is 4.76. The lowest BCUT2D eigenvalue weighted by molar-refractivity contribution is -0.142. The van der Waals surface area contributed by atoms with E-state index >= 15 is 0 Å². The zero-order valence-corrected chi connectivity index (χ0v) is 14.0. The third kappa shape index (κ3) is 3.54. The first kappa shape index (κ1) is 16.4. The first-order valence-electron chi connectivity index (χ1n) is 7.69. The van der Waals surface area contributed by atoms with Crippen LogP contribution in [0.4, 0.5) is 5.69 Å². The van der Waals surface area contributed by atoms with Crippen LogP contribution in [-0.2, 0) is 20.7 Å². The van der Waals surface area contributed by atoms with Gasteiger partial charge in [-0.2, -0.15) is 11.3 Å². The Morgan fingerprint density at radius 1 is 1.29 bits per heavy atom. The number of esters is 1. The summed E-state index contributed by atoms with van der Waals surface area (Å²) in [5.41, 5.74) is 3.07. The summed E-state index contributed by atoms with van der Waals surface area (Å²) in [6.45, 7) is 1.51. The molecule has 0 unspecified atom stereocenters. The van der Waals surface area contributed by atoms with Gasteiger partial charge >= 0.3 is 5.97 Å². The minimum Gasteiger partial charge on any atom is -0.457 e. The zero-order valence-electron chi connectivity index (χ0n) is 13.2. The lowest BCUT2D eigenvalue weighted by Gasteiger charge is -2.07. The van der Waals surface area contributed by atoms with Crippen molar-refractivity contribution in [2.75, 3.05) is 11.9 Å². The Bertz CT molecular complexity index is 782. The number of ketones is 1. The molecule has 0 saturated carbocycles. The van der Waals surface area contributed by atoms with E-state index in [1.54, 1.807) is 36.5 Å². The Balaban J connectivity index is 1.54. The Morgan fingerprint density at radius 2 is 2.12 bits per heavy atom. The molecule has 1 aliphatic rings. The highest BCUT2D eigenvalue weighted by atomic mass is 32.1. The zero-order chi connectivity index (χ0) is 17.1. The minimum absolute atomic E-state index is 0.0746. The first-order valence-corrected chi connectivity index (χ1v) is 8.63. The van der Waals surface area contributed by atoms with Crippen molar-refractivity contribution in [3.63, 3.8) is 0 Å². The summed E-state index contributed by atoms with van der Waals surface area (Å²) in [6, 6.07) is 7.00. The highest BCUT2D eigenvalue weighted by Gasteiger charge is 2.27. The van der Waals surface area contributed by atoms with Crippen LogP contribution in [0.5, 0.6) is 0 Å². The summed E-state index contributed by atoms with van der Waals surface area (Å²) in [6.07, 6.45) is 0.865. The molecule has 0 bridgehead atoms. The normalized spacial score (nSPS) is 15.7. The number of benzene rings is 1. The van der Waals surface area contributed by atoms with E-state index in [0.717, 1.165) is 16.8 Å². The number of carbonyl (C=O) groups excluding carboxylic acids is 3. The van der Waals surface area contributed by atoms with E-state index in [2.05, 4.69) is 5.32 Å². The number of hydrogen-bond acceptors (Lipinski definition) is 5. The maximum atomic E-state index is 12.2. The number of aryl methyl sites for hydroxylation is 1. The number of thiophene rings is 1. The van der Waals surface area contributed by atoms with E-state index < -0.39 is 0 Å². The van der Waals surface area contributed by atoms with Crippen molar-refractivity contribution in [3.05, 3.63) is 51.7 Å². The van der Waals surface area contributed by atoms with Gasteiger partial charge in [0, 0.05) is 17.7 Å². The number of amides is 1. The molecule has 124 valence electrons. The van der Waals surface area contributed by atoms with Crippen molar-refractivity contribution in [1.29, 1.82) is 0 Å². The van der Waals surface area contributed by atoms with Crippen LogP contribution in [0.2, 0.25) is 0 Å². The average Bonchev–Trinajstić information content (AvgIpc) is 3.19. The summed E-state index contributed by atoms with van der Waals surface area (Å²) in [5.74, 6) is -1.01. The van der Waals surface area contributed by atoms with Gasteiger partial charge in [0.1, 0.15) is 0 Å². The topological polar surface area (TPSA) is 72.5 Å². The fourth-order valence-corrected chi connectivity index (χ4v) is 3.28. The number of Topliss-reactive ketones (excluding diaryl/α,β-unsaturated/α-hetero) is 1.